The first kappa shape index (κ1) is 12.6. The summed E-state index contributed by atoms with van der Waals surface area (Å²) < 4.78 is 4.80. The summed E-state index contributed by atoms with van der Waals surface area (Å²) in [5.41, 5.74) is 5.77. The highest BCUT2D eigenvalue weighted by Crippen LogP contribution is 2.04. The van der Waals surface area contributed by atoms with Crippen molar-refractivity contribution in [3.63, 3.8) is 0 Å². The molecule has 0 radical (unpaired) electrons. The van der Waals surface area contributed by atoms with Gasteiger partial charge in [-0.15, -0.1) is 0 Å². The predicted octanol–water partition coefficient (Wildman–Crippen LogP) is 0.102. The molecule has 1 amide bonds. The molecule has 1 heterocycles. The normalized spacial score (nSPS) is 14.4. The highest BCUT2D eigenvalue weighted by molar-refractivity contribution is 5.81. The molecule has 6 heteroatoms. The van der Waals surface area contributed by atoms with Gasteiger partial charge < -0.3 is 15.6 Å². The van der Waals surface area contributed by atoms with Gasteiger partial charge in [-0.05, 0) is 5.92 Å². The molecule has 1 rings (SSSR count). The fourth-order valence-electron chi connectivity index (χ4n) is 1.23. The Labute approximate surface area is 94.6 Å². The number of hydrogen-bond acceptors (Lipinski definition) is 5. The Kier molecular flexibility index (Phi) is 4.91. The van der Waals surface area contributed by atoms with Crippen LogP contribution in [0.3, 0.4) is 0 Å². The molecule has 0 aliphatic rings. The van der Waals surface area contributed by atoms with Crippen LogP contribution >= 0.6 is 0 Å². The standard InChI is InChI=1S/C10H18N4O2/c1-3-7(2)9(11)10(15)12-5-4-8-13-6-14-16-8/h6-7,9H,3-5,11H2,1-2H3,(H,12,15). The van der Waals surface area contributed by atoms with Crippen LogP contribution in [0.4, 0.5) is 0 Å². The van der Waals surface area contributed by atoms with Gasteiger partial charge in [0.25, 0.3) is 0 Å². The Balaban J connectivity index is 2.24. The van der Waals surface area contributed by atoms with Crippen molar-refractivity contribution in [3.05, 3.63) is 12.2 Å². The van der Waals surface area contributed by atoms with E-state index in [1.165, 1.54) is 6.33 Å². The van der Waals surface area contributed by atoms with Gasteiger partial charge in [-0.2, -0.15) is 4.98 Å². The Morgan fingerprint density at radius 3 is 3.00 bits per heavy atom. The zero-order chi connectivity index (χ0) is 12.0. The molecular formula is C10H18N4O2. The van der Waals surface area contributed by atoms with E-state index in [1.54, 1.807) is 0 Å². The maximum absolute atomic E-state index is 11.6. The van der Waals surface area contributed by atoms with E-state index < -0.39 is 6.04 Å². The largest absolute Gasteiger partial charge is 0.354 e. The Bertz CT molecular complexity index is 313. The summed E-state index contributed by atoms with van der Waals surface area (Å²) in [6.07, 6.45) is 2.75. The lowest BCUT2D eigenvalue weighted by molar-refractivity contribution is -0.123. The highest BCUT2D eigenvalue weighted by atomic mass is 16.5. The average molecular weight is 226 g/mol. The van der Waals surface area contributed by atoms with E-state index in [1.807, 2.05) is 13.8 Å². The predicted molar refractivity (Wildman–Crippen MR) is 58.4 cm³/mol. The van der Waals surface area contributed by atoms with Crippen LogP contribution in [0.2, 0.25) is 0 Å². The molecule has 6 nitrogen and oxygen atoms in total. The van der Waals surface area contributed by atoms with E-state index in [4.69, 9.17) is 10.3 Å². The van der Waals surface area contributed by atoms with Crippen LogP contribution < -0.4 is 11.1 Å². The smallest absolute Gasteiger partial charge is 0.237 e. The van der Waals surface area contributed by atoms with Gasteiger partial charge in [0.05, 0.1) is 6.04 Å². The summed E-state index contributed by atoms with van der Waals surface area (Å²) in [6, 6.07) is -0.451. The molecule has 0 fully saturated rings. The summed E-state index contributed by atoms with van der Waals surface area (Å²) in [5, 5.41) is 6.22. The molecule has 0 aromatic carbocycles. The van der Waals surface area contributed by atoms with Crippen molar-refractivity contribution in [3.8, 4) is 0 Å². The number of carbonyl (C=O) groups is 1. The molecule has 0 aliphatic carbocycles. The number of carbonyl (C=O) groups excluding carboxylic acids is 1. The number of amides is 1. The minimum absolute atomic E-state index is 0.131. The van der Waals surface area contributed by atoms with Gasteiger partial charge in [0.2, 0.25) is 11.8 Å². The molecule has 0 saturated heterocycles. The second-order valence-corrected chi connectivity index (χ2v) is 3.79. The first-order valence-corrected chi connectivity index (χ1v) is 5.44. The summed E-state index contributed by atoms with van der Waals surface area (Å²) >= 11 is 0. The Morgan fingerprint density at radius 1 is 1.69 bits per heavy atom. The molecule has 90 valence electrons. The summed E-state index contributed by atoms with van der Waals surface area (Å²) in [7, 11) is 0. The van der Waals surface area contributed by atoms with E-state index in [0.29, 0.717) is 18.9 Å². The molecule has 0 spiro atoms. The fraction of sp³-hybridized carbons (Fsp3) is 0.700. The average Bonchev–Trinajstić information content (AvgIpc) is 2.79. The number of nitrogens with one attached hydrogen (secondary N) is 1. The van der Waals surface area contributed by atoms with Crippen LogP contribution in [0.5, 0.6) is 0 Å². The Hall–Kier alpha value is -1.43. The lowest BCUT2D eigenvalue weighted by Crippen LogP contribution is -2.45. The minimum Gasteiger partial charge on any atom is -0.354 e. The number of nitrogens with two attached hydrogens (primary N) is 1. The molecule has 3 N–H and O–H groups in total. The van der Waals surface area contributed by atoms with Gasteiger partial charge in [-0.3, -0.25) is 4.79 Å². The number of aromatic nitrogens is 2. The first-order valence-electron chi connectivity index (χ1n) is 5.44. The summed E-state index contributed by atoms with van der Waals surface area (Å²) in [6.45, 7) is 4.43. The van der Waals surface area contributed by atoms with Crippen LogP contribution in [0, 0.1) is 5.92 Å². The summed E-state index contributed by atoms with van der Waals surface area (Å²) in [4.78, 5) is 15.4. The van der Waals surface area contributed by atoms with E-state index in [2.05, 4.69) is 15.5 Å². The van der Waals surface area contributed by atoms with Crippen molar-refractivity contribution >= 4 is 5.91 Å². The van der Waals surface area contributed by atoms with E-state index >= 15 is 0 Å². The number of hydrogen-bond donors (Lipinski definition) is 2. The first-order chi connectivity index (χ1) is 7.65. The van der Waals surface area contributed by atoms with Crippen LogP contribution in [0.1, 0.15) is 26.2 Å². The zero-order valence-electron chi connectivity index (χ0n) is 9.64. The number of rotatable bonds is 6. The van der Waals surface area contributed by atoms with Crippen LogP contribution in [0.25, 0.3) is 0 Å². The van der Waals surface area contributed by atoms with Crippen molar-refractivity contribution in [2.75, 3.05) is 6.54 Å². The maximum atomic E-state index is 11.6. The molecule has 16 heavy (non-hydrogen) atoms. The lowest BCUT2D eigenvalue weighted by Gasteiger charge is -2.17. The molecule has 2 atom stereocenters. The van der Waals surface area contributed by atoms with Crippen molar-refractivity contribution < 1.29 is 9.32 Å². The Morgan fingerprint density at radius 2 is 2.44 bits per heavy atom. The minimum atomic E-state index is -0.451. The molecule has 0 saturated carbocycles. The molecule has 2 unspecified atom stereocenters. The fourth-order valence-corrected chi connectivity index (χ4v) is 1.23. The van der Waals surface area contributed by atoms with Gasteiger partial charge in [0.15, 0.2) is 6.33 Å². The molecule has 0 bridgehead atoms. The maximum Gasteiger partial charge on any atom is 0.237 e. The van der Waals surface area contributed by atoms with E-state index in [9.17, 15) is 4.79 Å². The SMILES string of the molecule is CCC(C)C(N)C(=O)NCCc1ncno1. The van der Waals surface area contributed by atoms with Gasteiger partial charge >= 0.3 is 0 Å². The highest BCUT2D eigenvalue weighted by Gasteiger charge is 2.18. The third-order valence-corrected chi connectivity index (χ3v) is 2.60. The topological polar surface area (TPSA) is 94.0 Å². The molecule has 0 aliphatic heterocycles. The van der Waals surface area contributed by atoms with Gasteiger partial charge in [-0.1, -0.05) is 25.4 Å². The van der Waals surface area contributed by atoms with Gasteiger partial charge in [0, 0.05) is 13.0 Å². The van der Waals surface area contributed by atoms with E-state index in [-0.39, 0.29) is 11.8 Å². The van der Waals surface area contributed by atoms with Crippen molar-refractivity contribution in [1.82, 2.24) is 15.5 Å². The third kappa shape index (κ3) is 3.62. The van der Waals surface area contributed by atoms with Crippen LogP contribution in [-0.4, -0.2) is 28.6 Å². The van der Waals surface area contributed by atoms with Crippen molar-refractivity contribution in [1.29, 1.82) is 0 Å². The van der Waals surface area contributed by atoms with Gasteiger partial charge in [-0.25, -0.2) is 0 Å². The molecular weight excluding hydrogens is 208 g/mol. The quantitative estimate of drug-likeness (QED) is 0.717. The van der Waals surface area contributed by atoms with Crippen molar-refractivity contribution in [2.24, 2.45) is 11.7 Å². The molecule has 1 aromatic rings. The van der Waals surface area contributed by atoms with E-state index in [0.717, 1.165) is 6.42 Å². The molecule has 1 aromatic heterocycles. The monoisotopic (exact) mass is 226 g/mol. The lowest BCUT2D eigenvalue weighted by atomic mass is 9.99. The van der Waals surface area contributed by atoms with Crippen LogP contribution in [-0.2, 0) is 11.2 Å². The second-order valence-electron chi connectivity index (χ2n) is 3.79. The zero-order valence-corrected chi connectivity index (χ0v) is 9.64. The summed E-state index contributed by atoms with van der Waals surface area (Å²) in [5.74, 6) is 0.565. The third-order valence-electron chi connectivity index (χ3n) is 2.60. The number of nitrogens with zero attached hydrogens (tertiary/aromatic N) is 2. The van der Waals surface area contributed by atoms with Crippen LogP contribution in [0.15, 0.2) is 10.9 Å². The van der Waals surface area contributed by atoms with Crippen molar-refractivity contribution in [2.45, 2.75) is 32.7 Å². The second kappa shape index (κ2) is 6.22. The van der Waals surface area contributed by atoms with Gasteiger partial charge in [0.1, 0.15) is 0 Å².